The third-order valence-corrected chi connectivity index (χ3v) is 8.84. The minimum Gasteiger partial charge on any atom is -0.388 e. The average molecular weight is 486 g/mol. The molecule has 1 aromatic heterocycles. The maximum atomic E-state index is 13.6. The molecule has 0 unspecified atom stereocenters. The van der Waals surface area contributed by atoms with Crippen LogP contribution in [0, 0.1) is 5.41 Å². The fourth-order valence-corrected chi connectivity index (χ4v) is 7.36. The zero-order valence-corrected chi connectivity index (χ0v) is 20.5. The molecular formula is C29H34F3NO2. The normalized spacial score (nSPS) is 27.4. The van der Waals surface area contributed by atoms with Gasteiger partial charge in [0.2, 0.25) is 0 Å². The first-order chi connectivity index (χ1) is 16.6. The van der Waals surface area contributed by atoms with E-state index in [1.54, 1.807) is 6.07 Å². The Balaban J connectivity index is 1.61. The van der Waals surface area contributed by atoms with Crippen molar-refractivity contribution in [1.29, 1.82) is 0 Å². The number of nitrogens with zero attached hydrogens (tertiary/aromatic N) is 1. The highest BCUT2D eigenvalue weighted by Crippen LogP contribution is 2.60. The van der Waals surface area contributed by atoms with E-state index in [1.165, 1.54) is 12.1 Å². The quantitative estimate of drug-likeness (QED) is 0.475. The van der Waals surface area contributed by atoms with E-state index < -0.39 is 29.5 Å². The minimum atomic E-state index is -4.41. The molecule has 6 heteroatoms. The molecule has 0 saturated heterocycles. The van der Waals surface area contributed by atoms with Crippen LogP contribution in [-0.4, -0.2) is 10.1 Å². The lowest BCUT2D eigenvalue weighted by Gasteiger charge is -2.38. The molecule has 1 N–H and O–H groups in total. The fourth-order valence-electron chi connectivity index (χ4n) is 7.36. The third-order valence-electron chi connectivity index (χ3n) is 8.84. The van der Waals surface area contributed by atoms with Crippen LogP contribution < -0.4 is 0 Å². The van der Waals surface area contributed by atoms with Gasteiger partial charge in [-0.15, -0.1) is 0 Å². The smallest absolute Gasteiger partial charge is 0.388 e. The van der Waals surface area contributed by atoms with Crippen molar-refractivity contribution < 1.29 is 23.0 Å². The molecule has 1 aromatic carbocycles. The van der Waals surface area contributed by atoms with Crippen LogP contribution in [0.15, 0.2) is 24.3 Å². The molecule has 35 heavy (non-hydrogen) atoms. The highest BCUT2D eigenvalue weighted by molar-refractivity contribution is 5.55. The van der Waals surface area contributed by atoms with Gasteiger partial charge in [0.05, 0.1) is 23.0 Å². The van der Waals surface area contributed by atoms with Crippen molar-refractivity contribution in [2.45, 2.75) is 108 Å². The summed E-state index contributed by atoms with van der Waals surface area (Å²) in [4.78, 5) is 5.25. The molecule has 4 aliphatic rings. The van der Waals surface area contributed by atoms with E-state index in [-0.39, 0.29) is 5.41 Å². The zero-order valence-electron chi connectivity index (χ0n) is 20.5. The van der Waals surface area contributed by atoms with Gasteiger partial charge in [0.1, 0.15) is 6.10 Å². The Morgan fingerprint density at radius 1 is 1.03 bits per heavy atom. The van der Waals surface area contributed by atoms with Gasteiger partial charge in [-0.2, -0.15) is 13.2 Å². The number of alkyl halides is 3. The maximum absolute atomic E-state index is 13.6. The van der Waals surface area contributed by atoms with Crippen LogP contribution in [0.3, 0.4) is 0 Å². The van der Waals surface area contributed by atoms with E-state index in [1.807, 2.05) is 0 Å². The first-order valence-electron chi connectivity index (χ1n) is 13.2. The van der Waals surface area contributed by atoms with E-state index in [4.69, 9.17) is 9.72 Å². The molecule has 6 rings (SSSR count). The predicted octanol–water partition coefficient (Wildman–Crippen LogP) is 7.65. The summed E-state index contributed by atoms with van der Waals surface area (Å²) in [5.41, 5.74) is 4.25. The number of rotatable bonds is 2. The molecule has 2 aromatic rings. The molecule has 0 bridgehead atoms. The molecule has 0 amide bonds. The lowest BCUT2D eigenvalue weighted by Crippen LogP contribution is -2.32. The summed E-state index contributed by atoms with van der Waals surface area (Å²) in [5.74, 6) is 0.296. The number of halogens is 3. The highest BCUT2D eigenvalue weighted by atomic mass is 19.4. The Labute approximate surface area is 205 Å². The lowest BCUT2D eigenvalue weighted by molar-refractivity contribution is -0.137. The molecule has 3 aliphatic carbocycles. The first kappa shape index (κ1) is 23.5. The number of aliphatic hydroxyl groups excluding tert-OH is 1. The van der Waals surface area contributed by atoms with Gasteiger partial charge < -0.3 is 9.84 Å². The SMILES string of the molecule is CC1(C)Cc2nc(C3CCCC3)c3c(c2[C@@H](O)C1)C1(CCCC1)O[C@@H]3c1cccc(C(F)(F)F)c1. The van der Waals surface area contributed by atoms with Crippen LogP contribution in [0.2, 0.25) is 0 Å². The van der Waals surface area contributed by atoms with Gasteiger partial charge in [0.15, 0.2) is 0 Å². The monoisotopic (exact) mass is 485 g/mol. The predicted molar refractivity (Wildman–Crippen MR) is 127 cm³/mol. The van der Waals surface area contributed by atoms with Crippen molar-refractivity contribution in [2.75, 3.05) is 0 Å². The van der Waals surface area contributed by atoms with Gasteiger partial charge in [-0.25, -0.2) is 0 Å². The lowest BCUT2D eigenvalue weighted by atomic mass is 9.70. The number of aromatic nitrogens is 1. The molecule has 2 fully saturated rings. The van der Waals surface area contributed by atoms with Crippen LogP contribution in [0.5, 0.6) is 0 Å². The van der Waals surface area contributed by atoms with Crippen molar-refractivity contribution in [3.63, 3.8) is 0 Å². The Morgan fingerprint density at radius 3 is 2.43 bits per heavy atom. The van der Waals surface area contributed by atoms with Crippen LogP contribution in [0.1, 0.15) is 129 Å². The molecule has 3 nitrogen and oxygen atoms in total. The summed E-state index contributed by atoms with van der Waals surface area (Å²) >= 11 is 0. The zero-order chi connectivity index (χ0) is 24.6. The van der Waals surface area contributed by atoms with E-state index in [2.05, 4.69) is 13.8 Å². The van der Waals surface area contributed by atoms with E-state index >= 15 is 0 Å². The number of hydrogen-bond acceptors (Lipinski definition) is 3. The number of pyridine rings is 1. The van der Waals surface area contributed by atoms with Gasteiger partial charge in [0, 0.05) is 22.7 Å². The Morgan fingerprint density at radius 2 is 1.74 bits per heavy atom. The molecular weight excluding hydrogens is 451 g/mol. The van der Waals surface area contributed by atoms with Crippen molar-refractivity contribution in [3.05, 3.63) is 63.5 Å². The number of fused-ring (bicyclic) bond motifs is 4. The summed E-state index contributed by atoms with van der Waals surface area (Å²) in [7, 11) is 0. The number of aliphatic hydroxyl groups is 1. The highest BCUT2D eigenvalue weighted by Gasteiger charge is 2.53. The van der Waals surface area contributed by atoms with Crippen LogP contribution in [0.4, 0.5) is 13.2 Å². The summed E-state index contributed by atoms with van der Waals surface area (Å²) in [6, 6.07) is 5.62. The summed E-state index contributed by atoms with van der Waals surface area (Å²) in [6.45, 7) is 4.35. The molecule has 0 radical (unpaired) electrons. The average Bonchev–Trinajstić information content (AvgIpc) is 3.54. The van der Waals surface area contributed by atoms with Crippen LogP contribution >= 0.6 is 0 Å². The Kier molecular flexibility index (Phi) is 5.39. The summed E-state index contributed by atoms with van der Waals surface area (Å²) < 4.78 is 47.8. The summed E-state index contributed by atoms with van der Waals surface area (Å²) in [5, 5.41) is 11.4. The van der Waals surface area contributed by atoms with Gasteiger partial charge in [-0.3, -0.25) is 4.98 Å². The maximum Gasteiger partial charge on any atom is 0.416 e. The van der Waals surface area contributed by atoms with E-state index in [0.29, 0.717) is 17.9 Å². The molecule has 1 spiro atoms. The number of hydrogen-bond donors (Lipinski definition) is 1. The molecule has 2 saturated carbocycles. The van der Waals surface area contributed by atoms with E-state index in [0.717, 1.165) is 91.9 Å². The topological polar surface area (TPSA) is 42.4 Å². The third kappa shape index (κ3) is 3.83. The van der Waals surface area contributed by atoms with Gasteiger partial charge in [-0.1, -0.05) is 51.7 Å². The molecule has 1 aliphatic heterocycles. The second kappa shape index (κ2) is 8.04. The Bertz CT molecular complexity index is 1140. The van der Waals surface area contributed by atoms with Crippen molar-refractivity contribution >= 4 is 0 Å². The van der Waals surface area contributed by atoms with E-state index in [9.17, 15) is 18.3 Å². The van der Waals surface area contributed by atoms with Gasteiger partial charge in [0.25, 0.3) is 0 Å². The minimum absolute atomic E-state index is 0.0522. The number of benzene rings is 1. The first-order valence-corrected chi connectivity index (χ1v) is 13.2. The van der Waals surface area contributed by atoms with Gasteiger partial charge in [-0.05, 0) is 67.2 Å². The molecule has 2 atom stereocenters. The number of ether oxygens (including phenoxy) is 1. The Hall–Kier alpha value is -1.92. The van der Waals surface area contributed by atoms with Crippen molar-refractivity contribution in [2.24, 2.45) is 5.41 Å². The second-order valence-corrected chi connectivity index (χ2v) is 12.0. The standard InChI is InChI=1S/C29H34F3NO2/c1-27(2)15-20-22(21(34)16-27)24-23(25(33-20)17-8-3-4-9-17)26(35-28(24)12-5-6-13-28)18-10-7-11-19(14-18)29(30,31)32/h7,10-11,14,17,21,26,34H,3-6,8-9,12-13,15-16H2,1-2H3/t21-,26+/m0/s1. The second-order valence-electron chi connectivity index (χ2n) is 12.0. The molecule has 2 heterocycles. The largest absolute Gasteiger partial charge is 0.416 e. The summed E-state index contributed by atoms with van der Waals surface area (Å²) in [6.07, 6.45) is 3.94. The van der Waals surface area contributed by atoms with Crippen LogP contribution in [-0.2, 0) is 22.9 Å². The van der Waals surface area contributed by atoms with Crippen molar-refractivity contribution in [1.82, 2.24) is 4.98 Å². The molecule has 188 valence electrons. The van der Waals surface area contributed by atoms with Gasteiger partial charge >= 0.3 is 6.18 Å². The van der Waals surface area contributed by atoms with Crippen LogP contribution in [0.25, 0.3) is 0 Å². The van der Waals surface area contributed by atoms with Crippen molar-refractivity contribution in [3.8, 4) is 0 Å². The fraction of sp³-hybridized carbons (Fsp3) is 0.621.